The van der Waals surface area contributed by atoms with Crippen molar-refractivity contribution in [2.24, 2.45) is 17.8 Å². The van der Waals surface area contributed by atoms with Crippen LogP contribution in [-0.2, 0) is 0 Å². The summed E-state index contributed by atoms with van der Waals surface area (Å²) in [5, 5.41) is 3.61. The van der Waals surface area contributed by atoms with Gasteiger partial charge in [0, 0.05) is 16.9 Å². The van der Waals surface area contributed by atoms with Crippen LogP contribution in [-0.4, -0.2) is 6.54 Å². The Morgan fingerprint density at radius 2 is 2.12 bits per heavy atom. The molecule has 4 unspecified atom stereocenters. The van der Waals surface area contributed by atoms with Crippen LogP contribution >= 0.6 is 15.9 Å². The van der Waals surface area contributed by atoms with Crippen LogP contribution in [0.15, 0.2) is 22.7 Å². The molecule has 0 aromatic heterocycles. The van der Waals surface area contributed by atoms with Gasteiger partial charge >= 0.3 is 0 Å². The second kappa shape index (κ2) is 3.74. The smallest absolute Gasteiger partial charge is 0.0521 e. The number of rotatable bonds is 1. The minimum Gasteiger partial charge on any atom is -0.383 e. The summed E-state index contributed by atoms with van der Waals surface area (Å²) in [5.41, 5.74) is 2.93. The van der Waals surface area contributed by atoms with E-state index in [1.165, 1.54) is 35.8 Å². The number of anilines is 1. The summed E-state index contributed by atoms with van der Waals surface area (Å²) in [6.07, 6.45) is 6.01. The van der Waals surface area contributed by atoms with Crippen LogP contribution in [0.2, 0.25) is 0 Å². The van der Waals surface area contributed by atoms with Gasteiger partial charge in [-0.3, -0.25) is 0 Å². The van der Waals surface area contributed by atoms with Crippen LogP contribution in [0.5, 0.6) is 0 Å². The minimum atomic E-state index is 0.776. The first-order valence-corrected chi connectivity index (χ1v) is 7.64. The van der Waals surface area contributed by atoms with E-state index in [0.717, 1.165) is 30.2 Å². The minimum absolute atomic E-state index is 0.776. The molecule has 2 saturated carbocycles. The molecule has 1 aliphatic heterocycles. The molecule has 0 amide bonds. The Balaban J connectivity index is 1.68. The number of benzene rings is 1. The highest BCUT2D eigenvalue weighted by molar-refractivity contribution is 9.10. The van der Waals surface area contributed by atoms with Gasteiger partial charge in [-0.15, -0.1) is 0 Å². The van der Waals surface area contributed by atoms with Crippen LogP contribution in [0.3, 0.4) is 0 Å². The molecule has 2 aliphatic carbocycles. The molecule has 17 heavy (non-hydrogen) atoms. The van der Waals surface area contributed by atoms with Crippen molar-refractivity contribution < 1.29 is 0 Å². The Morgan fingerprint density at radius 1 is 1.18 bits per heavy atom. The molecule has 2 bridgehead atoms. The number of hydrogen-bond donors (Lipinski definition) is 1. The first kappa shape index (κ1) is 10.4. The molecule has 90 valence electrons. The summed E-state index contributed by atoms with van der Waals surface area (Å²) in [6.45, 7) is 1.16. The highest BCUT2D eigenvalue weighted by Crippen LogP contribution is 2.55. The number of fused-ring (bicyclic) bond motifs is 3. The predicted octanol–water partition coefficient (Wildman–Crippen LogP) is 4.39. The van der Waals surface area contributed by atoms with Gasteiger partial charge in [0.2, 0.25) is 0 Å². The maximum Gasteiger partial charge on any atom is 0.0521 e. The van der Waals surface area contributed by atoms with Crippen molar-refractivity contribution in [3.8, 4) is 0 Å². The van der Waals surface area contributed by atoms with Gasteiger partial charge in [-0.25, -0.2) is 0 Å². The second-order valence-electron chi connectivity index (χ2n) is 6.03. The Hall–Kier alpha value is -0.500. The van der Waals surface area contributed by atoms with Gasteiger partial charge in [0.05, 0.1) is 5.69 Å². The molecule has 0 saturated heterocycles. The van der Waals surface area contributed by atoms with Crippen molar-refractivity contribution in [2.45, 2.75) is 31.6 Å². The summed E-state index contributed by atoms with van der Waals surface area (Å²) < 4.78 is 1.24. The van der Waals surface area contributed by atoms with Crippen LogP contribution in [0.4, 0.5) is 5.69 Å². The maximum atomic E-state index is 3.66. The predicted molar refractivity (Wildman–Crippen MR) is 74.3 cm³/mol. The molecule has 0 radical (unpaired) electrons. The Morgan fingerprint density at radius 3 is 2.88 bits per heavy atom. The fraction of sp³-hybridized carbons (Fsp3) is 0.600. The topological polar surface area (TPSA) is 12.0 Å². The molecule has 2 fully saturated rings. The van der Waals surface area contributed by atoms with Gasteiger partial charge in [-0.1, -0.05) is 18.6 Å². The fourth-order valence-electron chi connectivity index (χ4n) is 4.53. The average molecular weight is 292 g/mol. The van der Waals surface area contributed by atoms with Gasteiger partial charge in [-0.05, 0) is 64.6 Å². The van der Waals surface area contributed by atoms with E-state index >= 15 is 0 Å². The lowest BCUT2D eigenvalue weighted by Crippen LogP contribution is -2.20. The lowest BCUT2D eigenvalue weighted by Gasteiger charge is -2.27. The molecule has 1 nitrogen and oxygen atoms in total. The Bertz CT molecular complexity index is 456. The maximum absolute atomic E-state index is 3.66. The largest absolute Gasteiger partial charge is 0.383 e. The van der Waals surface area contributed by atoms with Crippen molar-refractivity contribution >= 4 is 21.6 Å². The van der Waals surface area contributed by atoms with Crippen molar-refractivity contribution in [1.82, 2.24) is 0 Å². The monoisotopic (exact) mass is 291 g/mol. The fourth-order valence-corrected chi connectivity index (χ4v) is 5.05. The van der Waals surface area contributed by atoms with Crippen molar-refractivity contribution in [3.05, 3.63) is 28.2 Å². The standard InChI is InChI=1S/C15H18BrN/c16-14-3-1-2-11-13(8-17-15(11)14)12-7-9-4-5-10(12)6-9/h1-3,9-10,12-13,17H,4-8H2. The molecule has 0 spiro atoms. The normalized spacial score (nSPS) is 38.2. The zero-order chi connectivity index (χ0) is 11.4. The lowest BCUT2D eigenvalue weighted by atomic mass is 9.77. The highest BCUT2D eigenvalue weighted by atomic mass is 79.9. The molecule has 1 heterocycles. The van der Waals surface area contributed by atoms with Gasteiger partial charge in [0.25, 0.3) is 0 Å². The number of halogens is 1. The quantitative estimate of drug-likeness (QED) is 0.809. The summed E-state index contributed by atoms with van der Waals surface area (Å²) in [5.74, 6) is 3.81. The molecule has 1 N–H and O–H groups in total. The van der Waals surface area contributed by atoms with E-state index in [9.17, 15) is 0 Å². The summed E-state index contributed by atoms with van der Waals surface area (Å²) in [7, 11) is 0. The van der Waals surface area contributed by atoms with E-state index < -0.39 is 0 Å². The zero-order valence-electron chi connectivity index (χ0n) is 9.95. The van der Waals surface area contributed by atoms with E-state index in [-0.39, 0.29) is 0 Å². The third kappa shape index (κ3) is 1.49. The van der Waals surface area contributed by atoms with E-state index in [4.69, 9.17) is 0 Å². The first-order valence-electron chi connectivity index (χ1n) is 6.85. The number of hydrogen-bond acceptors (Lipinski definition) is 1. The third-order valence-corrected chi connectivity index (χ3v) is 5.91. The van der Waals surface area contributed by atoms with Gasteiger partial charge in [0.15, 0.2) is 0 Å². The van der Waals surface area contributed by atoms with Crippen molar-refractivity contribution in [3.63, 3.8) is 0 Å². The van der Waals surface area contributed by atoms with E-state index in [1.54, 1.807) is 5.56 Å². The molecular weight excluding hydrogens is 274 g/mol. The van der Waals surface area contributed by atoms with Crippen LogP contribution in [0.1, 0.15) is 37.2 Å². The average Bonchev–Trinajstić information content (AvgIpc) is 3.03. The molecule has 2 heteroatoms. The second-order valence-corrected chi connectivity index (χ2v) is 6.88. The highest BCUT2D eigenvalue weighted by Gasteiger charge is 2.45. The molecular formula is C15H18BrN. The van der Waals surface area contributed by atoms with Crippen LogP contribution in [0.25, 0.3) is 0 Å². The molecule has 4 rings (SSSR count). The lowest BCUT2D eigenvalue weighted by molar-refractivity contribution is 0.292. The molecule has 3 aliphatic rings. The van der Waals surface area contributed by atoms with Crippen LogP contribution in [0, 0.1) is 17.8 Å². The summed E-state index contributed by atoms with van der Waals surface area (Å²) in [4.78, 5) is 0. The van der Waals surface area contributed by atoms with E-state index in [1.807, 2.05) is 0 Å². The van der Waals surface area contributed by atoms with E-state index in [0.29, 0.717) is 0 Å². The number of nitrogens with one attached hydrogen (secondary N) is 1. The van der Waals surface area contributed by atoms with Gasteiger partial charge in [0.1, 0.15) is 0 Å². The Labute approximate surface area is 111 Å². The van der Waals surface area contributed by atoms with E-state index in [2.05, 4.69) is 39.4 Å². The first-order chi connectivity index (χ1) is 8.33. The molecule has 1 aromatic carbocycles. The molecule has 4 atom stereocenters. The number of para-hydroxylation sites is 1. The van der Waals surface area contributed by atoms with Crippen molar-refractivity contribution in [1.29, 1.82) is 0 Å². The van der Waals surface area contributed by atoms with Gasteiger partial charge in [-0.2, -0.15) is 0 Å². The van der Waals surface area contributed by atoms with Crippen LogP contribution < -0.4 is 5.32 Å². The Kier molecular flexibility index (Phi) is 2.30. The van der Waals surface area contributed by atoms with Gasteiger partial charge < -0.3 is 5.32 Å². The third-order valence-electron chi connectivity index (χ3n) is 5.25. The summed E-state index contributed by atoms with van der Waals surface area (Å²) in [6, 6.07) is 6.67. The SMILES string of the molecule is Brc1cccc2c1NCC2C1CC2CCC1C2. The molecule has 1 aromatic rings. The zero-order valence-corrected chi connectivity index (χ0v) is 11.5. The van der Waals surface area contributed by atoms with Crippen molar-refractivity contribution in [2.75, 3.05) is 11.9 Å². The summed E-state index contributed by atoms with van der Waals surface area (Å²) >= 11 is 3.66.